The van der Waals surface area contributed by atoms with E-state index >= 15 is 0 Å². The van der Waals surface area contributed by atoms with Crippen molar-refractivity contribution in [2.75, 3.05) is 11.6 Å². The summed E-state index contributed by atoms with van der Waals surface area (Å²) in [6, 6.07) is 10.6. The molecule has 27 heavy (non-hydrogen) atoms. The molecule has 0 aliphatic rings. The standard InChI is InChI=1S/C19H19N5O2S/c1-3-4-7-13-10-17(24-12-21-15(11-20)18(24)22-13)23-19(25)14-8-5-6-9-16(14)27(2)26/h5-6,8-10,12H,3-4,7H2,1-2H3,(H,23,25). The molecule has 1 unspecified atom stereocenters. The number of rotatable bonds is 6. The molecule has 1 aromatic carbocycles. The van der Waals surface area contributed by atoms with Crippen molar-refractivity contribution >= 4 is 28.2 Å². The molecule has 0 saturated heterocycles. The zero-order valence-electron chi connectivity index (χ0n) is 15.1. The maximum absolute atomic E-state index is 12.8. The summed E-state index contributed by atoms with van der Waals surface area (Å²) >= 11 is 0. The summed E-state index contributed by atoms with van der Waals surface area (Å²) in [4.78, 5) is 21.9. The predicted molar refractivity (Wildman–Crippen MR) is 103 cm³/mol. The van der Waals surface area contributed by atoms with Crippen molar-refractivity contribution in [1.29, 1.82) is 5.26 Å². The van der Waals surface area contributed by atoms with Gasteiger partial charge in [0.2, 0.25) is 0 Å². The van der Waals surface area contributed by atoms with Gasteiger partial charge in [-0.3, -0.25) is 13.4 Å². The van der Waals surface area contributed by atoms with E-state index in [1.165, 1.54) is 12.6 Å². The van der Waals surface area contributed by atoms with E-state index in [9.17, 15) is 14.3 Å². The van der Waals surface area contributed by atoms with E-state index in [-0.39, 0.29) is 11.6 Å². The Morgan fingerprint density at radius 3 is 2.85 bits per heavy atom. The highest BCUT2D eigenvalue weighted by atomic mass is 32.2. The number of imidazole rings is 1. The second kappa shape index (κ2) is 8.10. The Kier molecular flexibility index (Phi) is 5.62. The third kappa shape index (κ3) is 3.88. The third-order valence-electron chi connectivity index (χ3n) is 4.13. The molecule has 1 amide bonds. The predicted octanol–water partition coefficient (Wildman–Crippen LogP) is 2.93. The average Bonchev–Trinajstić information content (AvgIpc) is 3.09. The summed E-state index contributed by atoms with van der Waals surface area (Å²) in [5, 5.41) is 12.1. The first-order valence-electron chi connectivity index (χ1n) is 8.56. The molecule has 0 bridgehead atoms. The Morgan fingerprint density at radius 1 is 1.37 bits per heavy atom. The van der Waals surface area contributed by atoms with Crippen LogP contribution in [0.5, 0.6) is 0 Å². The molecule has 1 atom stereocenters. The lowest BCUT2D eigenvalue weighted by Gasteiger charge is -2.12. The molecule has 0 spiro atoms. The summed E-state index contributed by atoms with van der Waals surface area (Å²) in [5.74, 6) is 0.101. The van der Waals surface area contributed by atoms with Crippen LogP contribution in [0.4, 0.5) is 5.82 Å². The molecule has 1 N–H and O–H groups in total. The van der Waals surface area contributed by atoms with Gasteiger partial charge in [0.25, 0.3) is 5.91 Å². The van der Waals surface area contributed by atoms with Crippen molar-refractivity contribution < 1.29 is 9.00 Å². The fourth-order valence-corrected chi connectivity index (χ4v) is 3.51. The molecular weight excluding hydrogens is 362 g/mol. The Bertz CT molecular complexity index is 1070. The minimum atomic E-state index is -1.29. The van der Waals surface area contributed by atoms with Crippen LogP contribution >= 0.6 is 0 Å². The van der Waals surface area contributed by atoms with Crippen LogP contribution in [0.3, 0.4) is 0 Å². The van der Waals surface area contributed by atoms with Crippen LogP contribution in [0, 0.1) is 11.3 Å². The lowest BCUT2D eigenvalue weighted by Crippen LogP contribution is -2.17. The lowest BCUT2D eigenvalue weighted by molar-refractivity contribution is 0.102. The van der Waals surface area contributed by atoms with E-state index in [0.29, 0.717) is 21.9 Å². The molecule has 138 valence electrons. The SMILES string of the molecule is CCCCc1cc(NC(=O)c2ccccc2S(C)=O)n2cnc(C#N)c2n1. The quantitative estimate of drug-likeness (QED) is 0.707. The first-order valence-corrected chi connectivity index (χ1v) is 10.1. The zero-order chi connectivity index (χ0) is 19.4. The first-order chi connectivity index (χ1) is 13.0. The van der Waals surface area contributed by atoms with Crippen molar-refractivity contribution in [1.82, 2.24) is 14.4 Å². The number of nitrogens with zero attached hydrogens (tertiary/aromatic N) is 4. The highest BCUT2D eigenvalue weighted by Crippen LogP contribution is 2.20. The second-order valence-electron chi connectivity index (χ2n) is 6.04. The average molecular weight is 381 g/mol. The van der Waals surface area contributed by atoms with Crippen LogP contribution in [0.25, 0.3) is 5.65 Å². The number of hydrogen-bond acceptors (Lipinski definition) is 5. The smallest absolute Gasteiger partial charge is 0.258 e. The second-order valence-corrected chi connectivity index (χ2v) is 7.39. The number of nitrogens with one attached hydrogen (secondary N) is 1. The number of aryl methyl sites for hydroxylation is 1. The normalized spacial score (nSPS) is 11.9. The number of anilines is 1. The van der Waals surface area contributed by atoms with E-state index in [0.717, 1.165) is 25.0 Å². The Morgan fingerprint density at radius 2 is 2.15 bits per heavy atom. The van der Waals surface area contributed by atoms with Crippen LogP contribution < -0.4 is 5.32 Å². The monoisotopic (exact) mass is 381 g/mol. The van der Waals surface area contributed by atoms with Gasteiger partial charge in [-0.15, -0.1) is 0 Å². The minimum absolute atomic E-state index is 0.207. The van der Waals surface area contributed by atoms with Crippen molar-refractivity contribution in [3.05, 3.63) is 53.6 Å². The molecule has 0 radical (unpaired) electrons. The number of unbranched alkanes of at least 4 members (excludes halogenated alkanes) is 1. The molecule has 2 heterocycles. The largest absolute Gasteiger partial charge is 0.308 e. The fourth-order valence-electron chi connectivity index (χ4n) is 2.77. The summed E-state index contributed by atoms with van der Waals surface area (Å²) in [7, 11) is -1.29. The number of fused-ring (bicyclic) bond motifs is 1. The number of carbonyl (C=O) groups is 1. The van der Waals surface area contributed by atoms with Gasteiger partial charge in [0.05, 0.1) is 21.3 Å². The van der Waals surface area contributed by atoms with Crippen LogP contribution in [-0.4, -0.2) is 30.7 Å². The number of aromatic nitrogens is 3. The zero-order valence-corrected chi connectivity index (χ0v) is 15.9. The summed E-state index contributed by atoms with van der Waals surface area (Å²) < 4.78 is 13.5. The van der Waals surface area contributed by atoms with Crippen molar-refractivity contribution in [3.63, 3.8) is 0 Å². The number of nitriles is 1. The van der Waals surface area contributed by atoms with Gasteiger partial charge in [-0.25, -0.2) is 9.97 Å². The van der Waals surface area contributed by atoms with E-state index < -0.39 is 10.8 Å². The topological polar surface area (TPSA) is 100 Å². The number of carbonyl (C=O) groups excluding carboxylic acids is 1. The Hall–Kier alpha value is -3.05. The van der Waals surface area contributed by atoms with Crippen molar-refractivity contribution in [2.45, 2.75) is 31.1 Å². The van der Waals surface area contributed by atoms with Crippen molar-refractivity contribution in [3.8, 4) is 6.07 Å². The summed E-state index contributed by atoms with van der Waals surface area (Å²) in [5.41, 5.74) is 1.75. The van der Waals surface area contributed by atoms with Gasteiger partial charge in [-0.05, 0) is 25.0 Å². The van der Waals surface area contributed by atoms with Gasteiger partial charge in [0.1, 0.15) is 18.2 Å². The molecule has 8 heteroatoms. The molecule has 3 rings (SSSR count). The molecule has 0 aliphatic carbocycles. The first kappa shape index (κ1) is 18.7. The van der Waals surface area contributed by atoms with Gasteiger partial charge in [-0.1, -0.05) is 25.5 Å². The number of hydrogen-bond donors (Lipinski definition) is 1. The third-order valence-corrected chi connectivity index (χ3v) is 5.11. The molecule has 0 saturated carbocycles. The molecule has 2 aromatic heterocycles. The molecule has 0 aliphatic heterocycles. The summed E-state index contributed by atoms with van der Waals surface area (Å²) in [6.07, 6.45) is 5.69. The van der Waals surface area contributed by atoms with E-state index in [1.54, 1.807) is 34.7 Å². The van der Waals surface area contributed by atoms with Gasteiger partial charge in [0, 0.05) is 18.0 Å². The van der Waals surface area contributed by atoms with Crippen LogP contribution in [0.15, 0.2) is 41.6 Å². The van der Waals surface area contributed by atoms with E-state index in [1.807, 2.05) is 6.07 Å². The molecule has 7 nitrogen and oxygen atoms in total. The maximum Gasteiger partial charge on any atom is 0.258 e. The van der Waals surface area contributed by atoms with Gasteiger partial charge in [-0.2, -0.15) is 5.26 Å². The lowest BCUT2D eigenvalue weighted by atomic mass is 10.2. The highest BCUT2D eigenvalue weighted by molar-refractivity contribution is 7.84. The Labute approximate surface area is 159 Å². The molecule has 3 aromatic rings. The molecule has 0 fully saturated rings. The van der Waals surface area contributed by atoms with Gasteiger partial charge < -0.3 is 5.32 Å². The van der Waals surface area contributed by atoms with Crippen LogP contribution in [-0.2, 0) is 17.2 Å². The van der Waals surface area contributed by atoms with Crippen LogP contribution in [0.1, 0.15) is 41.5 Å². The van der Waals surface area contributed by atoms with E-state index in [4.69, 9.17) is 0 Å². The van der Waals surface area contributed by atoms with Gasteiger partial charge in [0.15, 0.2) is 11.3 Å². The van der Waals surface area contributed by atoms with E-state index in [2.05, 4.69) is 22.2 Å². The fraction of sp³-hybridized carbons (Fsp3) is 0.263. The molecular formula is C19H19N5O2S. The number of benzene rings is 1. The van der Waals surface area contributed by atoms with Crippen LogP contribution in [0.2, 0.25) is 0 Å². The number of amides is 1. The highest BCUT2D eigenvalue weighted by Gasteiger charge is 2.17. The van der Waals surface area contributed by atoms with Gasteiger partial charge >= 0.3 is 0 Å². The van der Waals surface area contributed by atoms with Crippen molar-refractivity contribution in [2.24, 2.45) is 0 Å². The minimum Gasteiger partial charge on any atom is -0.308 e. The maximum atomic E-state index is 12.8. The summed E-state index contributed by atoms with van der Waals surface area (Å²) in [6.45, 7) is 2.09. The Balaban J connectivity index is 2.03.